The number of thioether (sulfide) groups is 1. The Morgan fingerprint density at radius 1 is 1.47 bits per heavy atom. The molecule has 0 saturated heterocycles. The number of hydrogen-bond acceptors (Lipinski definition) is 2. The van der Waals surface area contributed by atoms with Crippen molar-refractivity contribution in [2.45, 2.75) is 32.2 Å². The Kier molecular flexibility index (Phi) is 5.39. The van der Waals surface area contributed by atoms with Gasteiger partial charge in [-0.1, -0.05) is 28.9 Å². The molecule has 17 heavy (non-hydrogen) atoms. The van der Waals surface area contributed by atoms with Gasteiger partial charge in [-0.15, -0.1) is 0 Å². The van der Waals surface area contributed by atoms with Crippen molar-refractivity contribution in [2.24, 2.45) is 0 Å². The van der Waals surface area contributed by atoms with Gasteiger partial charge in [-0.3, -0.25) is 0 Å². The zero-order chi connectivity index (χ0) is 12.1. The van der Waals surface area contributed by atoms with Crippen LogP contribution in [0.3, 0.4) is 0 Å². The highest BCUT2D eigenvalue weighted by Crippen LogP contribution is 2.32. The molecule has 1 aliphatic rings. The van der Waals surface area contributed by atoms with Gasteiger partial charge >= 0.3 is 0 Å². The van der Waals surface area contributed by atoms with E-state index < -0.39 is 0 Å². The summed E-state index contributed by atoms with van der Waals surface area (Å²) in [4.78, 5) is 0. The van der Waals surface area contributed by atoms with E-state index in [2.05, 4.69) is 46.4 Å². The Hall–Kier alpha value is 0.01000. The van der Waals surface area contributed by atoms with E-state index in [0.29, 0.717) is 6.04 Å². The zero-order valence-corrected chi connectivity index (χ0v) is 12.7. The Bertz CT molecular complexity index is 367. The van der Waals surface area contributed by atoms with E-state index in [-0.39, 0.29) is 0 Å². The molecule has 3 heteroatoms. The average molecular weight is 314 g/mol. The quantitative estimate of drug-likeness (QED) is 0.791. The molecule has 0 aromatic heterocycles. The molecule has 0 aliphatic heterocycles. The van der Waals surface area contributed by atoms with Crippen molar-refractivity contribution in [3.63, 3.8) is 0 Å². The lowest BCUT2D eigenvalue weighted by Gasteiger charge is -2.13. The van der Waals surface area contributed by atoms with E-state index in [0.717, 1.165) is 6.54 Å². The molecule has 1 aromatic rings. The van der Waals surface area contributed by atoms with Gasteiger partial charge in [0.15, 0.2) is 0 Å². The van der Waals surface area contributed by atoms with E-state index in [4.69, 9.17) is 0 Å². The highest BCUT2D eigenvalue weighted by atomic mass is 79.9. The minimum absolute atomic E-state index is 0.588. The highest BCUT2D eigenvalue weighted by molar-refractivity contribution is 9.10. The predicted octanol–water partition coefficient (Wildman–Crippen LogP) is 4.17. The third-order valence-corrected chi connectivity index (χ3v) is 4.72. The van der Waals surface area contributed by atoms with E-state index in [1.54, 1.807) is 0 Å². The summed E-state index contributed by atoms with van der Waals surface area (Å²) in [6.07, 6.45) is 3.75. The molecule has 0 radical (unpaired) electrons. The molecule has 0 amide bonds. The number of hydrogen-bond donors (Lipinski definition) is 1. The van der Waals surface area contributed by atoms with Crippen LogP contribution in [0, 0.1) is 0 Å². The minimum atomic E-state index is 0.588. The number of benzene rings is 1. The van der Waals surface area contributed by atoms with Crippen molar-refractivity contribution < 1.29 is 0 Å². The Morgan fingerprint density at radius 3 is 3.18 bits per heavy atom. The predicted molar refractivity (Wildman–Crippen MR) is 80.8 cm³/mol. The molecule has 1 nitrogen and oxygen atoms in total. The van der Waals surface area contributed by atoms with Crippen LogP contribution in [0.25, 0.3) is 0 Å². The van der Waals surface area contributed by atoms with E-state index in [1.807, 2.05) is 11.8 Å². The van der Waals surface area contributed by atoms with Gasteiger partial charge in [0.25, 0.3) is 0 Å². The van der Waals surface area contributed by atoms with E-state index >= 15 is 0 Å². The fourth-order valence-corrected chi connectivity index (χ4v) is 3.44. The average Bonchev–Trinajstić information content (AvgIpc) is 2.71. The van der Waals surface area contributed by atoms with E-state index in [9.17, 15) is 0 Å². The largest absolute Gasteiger partial charge is 0.310 e. The smallest absolute Gasteiger partial charge is 0.0326 e. The van der Waals surface area contributed by atoms with Gasteiger partial charge in [0.1, 0.15) is 0 Å². The van der Waals surface area contributed by atoms with Crippen molar-refractivity contribution in [3.05, 3.63) is 33.8 Å². The molecule has 1 N–H and O–H groups in total. The maximum atomic E-state index is 3.69. The molecule has 1 aliphatic carbocycles. The number of halogens is 1. The van der Waals surface area contributed by atoms with Gasteiger partial charge in [-0.25, -0.2) is 0 Å². The normalized spacial score (nSPS) is 18.4. The summed E-state index contributed by atoms with van der Waals surface area (Å²) in [7, 11) is 0. The molecule has 0 spiro atoms. The molecule has 2 rings (SSSR count). The first-order valence-electron chi connectivity index (χ1n) is 6.40. The number of nitrogens with one attached hydrogen (secondary N) is 1. The second-order valence-electron chi connectivity index (χ2n) is 4.44. The van der Waals surface area contributed by atoms with Crippen LogP contribution >= 0.6 is 27.7 Å². The Morgan fingerprint density at radius 2 is 2.35 bits per heavy atom. The second kappa shape index (κ2) is 6.81. The van der Waals surface area contributed by atoms with Gasteiger partial charge in [-0.05, 0) is 60.6 Å². The summed E-state index contributed by atoms with van der Waals surface area (Å²) in [6, 6.07) is 7.28. The molecule has 0 saturated carbocycles. The van der Waals surface area contributed by atoms with Gasteiger partial charge in [0.2, 0.25) is 0 Å². The number of aryl methyl sites for hydroxylation is 1. The minimum Gasteiger partial charge on any atom is -0.310 e. The van der Waals surface area contributed by atoms with Crippen LogP contribution in [-0.2, 0) is 6.42 Å². The summed E-state index contributed by atoms with van der Waals surface area (Å²) in [5, 5.41) is 3.69. The van der Waals surface area contributed by atoms with Crippen LogP contribution in [0.15, 0.2) is 22.7 Å². The highest BCUT2D eigenvalue weighted by Gasteiger charge is 2.21. The molecule has 1 unspecified atom stereocenters. The zero-order valence-electron chi connectivity index (χ0n) is 10.3. The lowest BCUT2D eigenvalue weighted by atomic mass is 10.1. The fourth-order valence-electron chi connectivity index (χ4n) is 2.39. The molecule has 0 bridgehead atoms. The summed E-state index contributed by atoms with van der Waals surface area (Å²) in [6.45, 7) is 3.37. The summed E-state index contributed by atoms with van der Waals surface area (Å²) in [5.74, 6) is 2.52. The van der Waals surface area contributed by atoms with E-state index in [1.165, 1.54) is 46.4 Å². The third kappa shape index (κ3) is 3.73. The van der Waals surface area contributed by atoms with Crippen molar-refractivity contribution in [3.8, 4) is 0 Å². The lowest BCUT2D eigenvalue weighted by molar-refractivity contribution is 0.530. The third-order valence-electron chi connectivity index (χ3n) is 3.24. The molecular weight excluding hydrogens is 294 g/mol. The van der Waals surface area contributed by atoms with Gasteiger partial charge < -0.3 is 5.32 Å². The van der Waals surface area contributed by atoms with Crippen LogP contribution in [0.4, 0.5) is 0 Å². The fraction of sp³-hybridized carbons (Fsp3) is 0.571. The second-order valence-corrected chi connectivity index (χ2v) is 6.75. The summed E-state index contributed by atoms with van der Waals surface area (Å²) >= 11 is 5.57. The Labute approximate surface area is 117 Å². The SMILES string of the molecule is CCSCCCNC1CCc2cc(Br)ccc21. The van der Waals surface area contributed by atoms with Gasteiger partial charge in [0.05, 0.1) is 0 Å². The number of fused-ring (bicyclic) bond motifs is 1. The maximum absolute atomic E-state index is 3.69. The molecule has 0 fully saturated rings. The first-order chi connectivity index (χ1) is 8.31. The van der Waals surface area contributed by atoms with Gasteiger partial charge in [-0.2, -0.15) is 11.8 Å². The molecule has 0 heterocycles. The van der Waals surface area contributed by atoms with Crippen LogP contribution in [0.5, 0.6) is 0 Å². The van der Waals surface area contributed by atoms with Crippen LogP contribution in [0.1, 0.15) is 36.9 Å². The van der Waals surface area contributed by atoms with Gasteiger partial charge in [0, 0.05) is 10.5 Å². The number of rotatable bonds is 6. The monoisotopic (exact) mass is 313 g/mol. The van der Waals surface area contributed by atoms with Crippen molar-refractivity contribution in [1.82, 2.24) is 5.32 Å². The topological polar surface area (TPSA) is 12.0 Å². The Balaban J connectivity index is 1.81. The molecule has 1 aromatic carbocycles. The maximum Gasteiger partial charge on any atom is 0.0326 e. The molecular formula is C14H20BrNS. The van der Waals surface area contributed by atoms with Crippen LogP contribution < -0.4 is 5.32 Å². The van der Waals surface area contributed by atoms with Crippen molar-refractivity contribution >= 4 is 27.7 Å². The lowest BCUT2D eigenvalue weighted by Crippen LogP contribution is -2.20. The van der Waals surface area contributed by atoms with Crippen molar-refractivity contribution in [1.29, 1.82) is 0 Å². The first-order valence-corrected chi connectivity index (χ1v) is 8.35. The molecule has 1 atom stereocenters. The summed E-state index contributed by atoms with van der Waals surface area (Å²) in [5.41, 5.74) is 3.02. The van der Waals surface area contributed by atoms with Crippen LogP contribution in [-0.4, -0.2) is 18.1 Å². The van der Waals surface area contributed by atoms with Crippen LogP contribution in [0.2, 0.25) is 0 Å². The standard InChI is InChI=1S/C14H20BrNS/c1-2-17-9-3-8-16-14-7-4-11-10-12(15)5-6-13(11)14/h5-6,10,14,16H,2-4,7-9H2,1H3. The first kappa shape index (κ1) is 13.4. The van der Waals surface area contributed by atoms with Crippen molar-refractivity contribution in [2.75, 3.05) is 18.1 Å². The summed E-state index contributed by atoms with van der Waals surface area (Å²) < 4.78 is 1.20. The molecule has 94 valence electrons.